The molecule has 3 aromatic rings. The number of fused-ring (bicyclic) bond motifs is 2. The highest BCUT2D eigenvalue weighted by Crippen LogP contribution is 2.51. The average molecular weight is 569 g/mol. The molecular weight excluding hydrogens is 532 g/mol. The molecule has 0 bridgehead atoms. The predicted octanol–water partition coefficient (Wildman–Crippen LogP) is 3.45. The molecule has 0 saturated carbocycles. The first-order valence-electron chi connectivity index (χ1n) is 13.6. The van der Waals surface area contributed by atoms with Crippen LogP contribution < -0.4 is 4.57 Å². The van der Waals surface area contributed by atoms with Crippen molar-refractivity contribution in [3.63, 3.8) is 0 Å². The maximum Gasteiger partial charge on any atom is 0.352 e. The summed E-state index contributed by atoms with van der Waals surface area (Å²) in [7, 11) is 2.36. The molecule has 0 spiro atoms. The fourth-order valence-corrected chi connectivity index (χ4v) is 9.09. The summed E-state index contributed by atoms with van der Waals surface area (Å²) < 4.78 is 5.45. The number of carboxylic acid groups (broad SMARTS) is 1. The van der Waals surface area contributed by atoms with Gasteiger partial charge in [-0.3, -0.25) is 4.79 Å². The number of aromatic nitrogens is 2. The van der Waals surface area contributed by atoms with E-state index in [4.69, 9.17) is 0 Å². The maximum atomic E-state index is 12.7. The average Bonchev–Trinajstić information content (AvgIpc) is 3.61. The molecule has 2 saturated heterocycles. The summed E-state index contributed by atoms with van der Waals surface area (Å²) in [6.45, 7) is 7.93. The van der Waals surface area contributed by atoms with Crippen LogP contribution in [0.2, 0.25) is 0 Å². The number of nitrogens with zero attached hydrogens (tertiary/aromatic N) is 4. The Bertz CT molecular complexity index is 1480. The highest BCUT2D eigenvalue weighted by Gasteiger charge is 2.60. The molecule has 39 heavy (non-hydrogen) atoms. The molecule has 3 aliphatic heterocycles. The van der Waals surface area contributed by atoms with Crippen LogP contribution >= 0.6 is 23.1 Å². The lowest BCUT2D eigenvalue weighted by atomic mass is 9.77. The molecule has 0 aliphatic carbocycles. The molecule has 206 valence electrons. The summed E-state index contributed by atoms with van der Waals surface area (Å²) in [6.07, 6.45) is 7.96. The molecular formula is C29H36N4O4S2+2. The van der Waals surface area contributed by atoms with E-state index in [2.05, 4.69) is 52.9 Å². The maximum absolute atomic E-state index is 12.7. The van der Waals surface area contributed by atoms with Crippen LogP contribution in [0.1, 0.15) is 42.7 Å². The first kappa shape index (κ1) is 26.6. The number of thioether (sulfide) groups is 1. The van der Waals surface area contributed by atoms with Crippen LogP contribution in [0, 0.1) is 11.8 Å². The Morgan fingerprint density at radius 1 is 1.23 bits per heavy atom. The largest absolute Gasteiger partial charge is 0.477 e. The second-order valence-corrected chi connectivity index (χ2v) is 13.5. The predicted molar refractivity (Wildman–Crippen MR) is 151 cm³/mol. The number of likely N-dealkylation sites (tertiary alicyclic amines) is 1. The quantitative estimate of drug-likeness (QED) is 0.188. The summed E-state index contributed by atoms with van der Waals surface area (Å²) in [5.41, 5.74) is 3.37. The fraction of sp³-hybridized carbons (Fsp3) is 0.483. The van der Waals surface area contributed by atoms with E-state index in [1.54, 1.807) is 30.0 Å². The molecule has 10 heteroatoms. The molecule has 8 nitrogen and oxygen atoms in total. The molecule has 2 fully saturated rings. The lowest BCUT2D eigenvalue weighted by Crippen LogP contribution is -2.63. The highest BCUT2D eigenvalue weighted by atomic mass is 32.2. The van der Waals surface area contributed by atoms with E-state index in [1.807, 2.05) is 13.1 Å². The van der Waals surface area contributed by atoms with Gasteiger partial charge in [0, 0.05) is 29.9 Å². The van der Waals surface area contributed by atoms with Crippen molar-refractivity contribution in [2.24, 2.45) is 11.8 Å². The minimum atomic E-state index is -1.10. The summed E-state index contributed by atoms with van der Waals surface area (Å²) in [4.78, 5) is 28.3. The van der Waals surface area contributed by atoms with Crippen molar-refractivity contribution >= 4 is 45.4 Å². The number of carbonyl (C=O) groups is 2. The van der Waals surface area contributed by atoms with Gasteiger partial charge in [-0.15, -0.1) is 0 Å². The number of amides is 1. The number of β-lactam (4-membered cyclic amide) rings is 1. The zero-order chi connectivity index (χ0) is 27.6. The SMILES string of the molecule is CSc1c2sc(C3=C(C(=O)O)N4C(=O)[C@H]([C@@H](C)O)[C@H]4[C@H]3C)cn2c[n+]1Cc1ccc(C[N+]2(C)CCCC2)cc1. The van der Waals surface area contributed by atoms with Gasteiger partial charge in [0.25, 0.3) is 6.33 Å². The van der Waals surface area contributed by atoms with Gasteiger partial charge in [-0.05, 0) is 18.7 Å². The third-order valence-corrected chi connectivity index (χ3v) is 10.9. The van der Waals surface area contributed by atoms with Crippen molar-refractivity contribution in [2.75, 3.05) is 26.4 Å². The number of thiazole rings is 1. The molecule has 2 N–H and O–H groups in total. The lowest BCUT2D eigenvalue weighted by molar-refractivity contribution is -0.910. The van der Waals surface area contributed by atoms with Crippen molar-refractivity contribution in [3.05, 3.63) is 58.5 Å². The van der Waals surface area contributed by atoms with Gasteiger partial charge in [0.2, 0.25) is 15.8 Å². The fourth-order valence-electron chi connectivity index (χ4n) is 6.91. The van der Waals surface area contributed by atoms with Crippen molar-refractivity contribution < 1.29 is 28.9 Å². The molecule has 6 rings (SSSR count). The summed E-state index contributed by atoms with van der Waals surface area (Å²) >= 11 is 3.24. The van der Waals surface area contributed by atoms with Crippen molar-refractivity contribution in [3.8, 4) is 0 Å². The first-order chi connectivity index (χ1) is 18.6. The Balaban J connectivity index is 1.28. The number of hydrogen-bond donors (Lipinski definition) is 2. The zero-order valence-electron chi connectivity index (χ0n) is 22.8. The number of rotatable bonds is 8. The summed E-state index contributed by atoms with van der Waals surface area (Å²) in [5.74, 6) is -2.14. The van der Waals surface area contributed by atoms with Gasteiger partial charge in [0.15, 0.2) is 0 Å². The van der Waals surface area contributed by atoms with Crippen LogP contribution in [0.4, 0.5) is 0 Å². The zero-order valence-corrected chi connectivity index (χ0v) is 24.5. The van der Waals surface area contributed by atoms with Crippen molar-refractivity contribution in [1.82, 2.24) is 9.30 Å². The normalized spacial score (nSPS) is 24.9. The second-order valence-electron chi connectivity index (χ2n) is 11.6. The number of hydrogen-bond acceptors (Lipinski definition) is 5. The Labute approximate surface area is 236 Å². The van der Waals surface area contributed by atoms with E-state index in [9.17, 15) is 19.8 Å². The van der Waals surface area contributed by atoms with E-state index < -0.39 is 18.0 Å². The monoisotopic (exact) mass is 568 g/mol. The van der Waals surface area contributed by atoms with E-state index >= 15 is 0 Å². The second kappa shape index (κ2) is 9.76. The standard InChI is InChI=1S/C29H35N4O4S2/c1-17-22(25(29(36)37)32-24(17)23(18(2)34)26(32)35)21-14-31-16-30(27(38-4)28(31)39-21)13-19-7-9-20(10-8-19)15-33(3)11-5-6-12-33/h7-10,14,16-18,23-24,34H,5-6,11-13,15H2,1-4H3/q+1/p+1/t17-,18+,23+,24+/m0/s1. The Morgan fingerprint density at radius 2 is 1.90 bits per heavy atom. The van der Waals surface area contributed by atoms with Crippen molar-refractivity contribution in [1.29, 1.82) is 0 Å². The van der Waals surface area contributed by atoms with Gasteiger partial charge >= 0.3 is 5.97 Å². The Morgan fingerprint density at radius 3 is 2.51 bits per heavy atom. The number of aliphatic carboxylic acids is 1. The number of aliphatic hydroxyl groups excluding tert-OH is 1. The Kier molecular flexibility index (Phi) is 6.65. The first-order valence-corrected chi connectivity index (χ1v) is 15.6. The van der Waals surface area contributed by atoms with Crippen LogP contribution in [0.3, 0.4) is 0 Å². The molecule has 1 aromatic carbocycles. The van der Waals surface area contributed by atoms with Gasteiger partial charge in [0.05, 0.1) is 43.1 Å². The van der Waals surface area contributed by atoms with E-state index in [0.29, 0.717) is 5.57 Å². The third kappa shape index (κ3) is 4.32. The molecule has 0 radical (unpaired) electrons. The van der Waals surface area contributed by atoms with Crippen LogP contribution in [-0.2, 0) is 22.7 Å². The van der Waals surface area contributed by atoms with Crippen LogP contribution in [-0.4, -0.2) is 74.4 Å². The summed E-state index contributed by atoms with van der Waals surface area (Å²) in [6, 6.07) is 8.67. The van der Waals surface area contributed by atoms with Gasteiger partial charge in [-0.2, -0.15) is 4.40 Å². The van der Waals surface area contributed by atoms with Gasteiger partial charge in [-0.25, -0.2) is 9.36 Å². The number of carboxylic acids is 1. The van der Waals surface area contributed by atoms with Gasteiger partial charge in [0.1, 0.15) is 25.0 Å². The van der Waals surface area contributed by atoms with Crippen LogP contribution in [0.5, 0.6) is 0 Å². The molecule has 5 heterocycles. The third-order valence-electron chi connectivity index (χ3n) is 8.82. The van der Waals surface area contributed by atoms with Crippen molar-refractivity contribution in [2.45, 2.75) is 57.0 Å². The smallest absolute Gasteiger partial charge is 0.352 e. The molecule has 0 unspecified atom stereocenters. The van der Waals surface area contributed by atoms with Gasteiger partial charge in [-0.1, -0.05) is 54.3 Å². The molecule has 2 aromatic heterocycles. The van der Waals surface area contributed by atoms with E-state index in [1.165, 1.54) is 42.0 Å². The molecule has 4 atom stereocenters. The Hall–Kier alpha value is -2.66. The number of aliphatic hydroxyl groups is 1. The van der Waals surface area contributed by atoms with E-state index in [-0.39, 0.29) is 23.6 Å². The minimum Gasteiger partial charge on any atom is -0.477 e. The van der Waals surface area contributed by atoms with Crippen LogP contribution in [0.15, 0.2) is 47.5 Å². The molecule has 1 amide bonds. The van der Waals surface area contributed by atoms with E-state index in [0.717, 1.165) is 32.3 Å². The topological polar surface area (TPSA) is 86.1 Å². The lowest BCUT2D eigenvalue weighted by Gasteiger charge is -2.46. The van der Waals surface area contributed by atoms with Crippen LogP contribution in [0.25, 0.3) is 10.4 Å². The van der Waals surface area contributed by atoms with Gasteiger partial charge < -0.3 is 19.6 Å². The highest BCUT2D eigenvalue weighted by molar-refractivity contribution is 7.98. The number of quaternary nitrogens is 1. The molecule has 3 aliphatic rings. The number of benzene rings is 1. The number of imidazole rings is 1. The summed E-state index contributed by atoms with van der Waals surface area (Å²) in [5, 5.41) is 21.3. The minimum absolute atomic E-state index is 0.0580. The number of carbonyl (C=O) groups excluding carboxylic acids is 1.